The first-order chi connectivity index (χ1) is 10.3. The van der Waals surface area contributed by atoms with Gasteiger partial charge in [0.05, 0.1) is 0 Å². The van der Waals surface area contributed by atoms with Gasteiger partial charge in [-0.1, -0.05) is 42.5 Å². The van der Waals surface area contributed by atoms with Crippen molar-refractivity contribution >= 4 is 5.69 Å². The third-order valence-electron chi connectivity index (χ3n) is 3.38. The summed E-state index contributed by atoms with van der Waals surface area (Å²) in [5.41, 5.74) is 8.83. The average molecular weight is 278 g/mol. The summed E-state index contributed by atoms with van der Waals surface area (Å²) >= 11 is 0. The van der Waals surface area contributed by atoms with E-state index in [4.69, 9.17) is 5.73 Å². The number of nitrogen functional groups attached to an aromatic ring is 1. The molecule has 0 aliphatic heterocycles. The first-order valence-electron chi connectivity index (χ1n) is 7.10. The molecule has 0 aliphatic carbocycles. The van der Waals surface area contributed by atoms with Crippen LogP contribution in [0.15, 0.2) is 60.9 Å². The van der Waals surface area contributed by atoms with Crippen LogP contribution in [0, 0.1) is 0 Å². The molecule has 1 heterocycles. The summed E-state index contributed by atoms with van der Waals surface area (Å²) in [6.45, 7) is 0.865. The van der Waals surface area contributed by atoms with Gasteiger partial charge in [-0.3, -0.25) is 4.68 Å². The Bertz CT molecular complexity index is 704. The van der Waals surface area contributed by atoms with Crippen molar-refractivity contribution in [2.75, 3.05) is 5.73 Å². The molecule has 0 amide bonds. The molecule has 0 atom stereocenters. The van der Waals surface area contributed by atoms with Gasteiger partial charge in [0, 0.05) is 17.8 Å². The van der Waals surface area contributed by atoms with E-state index in [0.717, 1.165) is 36.5 Å². The van der Waals surface area contributed by atoms with Crippen molar-refractivity contribution < 1.29 is 0 Å². The molecule has 0 aliphatic rings. The van der Waals surface area contributed by atoms with Crippen LogP contribution in [-0.4, -0.2) is 14.8 Å². The van der Waals surface area contributed by atoms with E-state index in [1.54, 1.807) is 6.33 Å². The highest BCUT2D eigenvalue weighted by Crippen LogP contribution is 2.17. The lowest BCUT2D eigenvalue weighted by atomic mass is 10.1. The van der Waals surface area contributed by atoms with Crippen LogP contribution in [0.25, 0.3) is 11.4 Å². The van der Waals surface area contributed by atoms with Crippen molar-refractivity contribution in [3.05, 3.63) is 66.5 Å². The van der Waals surface area contributed by atoms with Crippen molar-refractivity contribution in [2.24, 2.45) is 0 Å². The number of aryl methyl sites for hydroxylation is 2. The number of nitrogens with zero attached hydrogens (tertiary/aromatic N) is 3. The molecular formula is C17H18N4. The third-order valence-corrected chi connectivity index (χ3v) is 3.38. The number of hydrogen-bond donors (Lipinski definition) is 1. The standard InChI is InChI=1S/C17H18N4/c18-16-10-4-9-15(12-16)17-19-13-21(20-17)11-5-8-14-6-2-1-3-7-14/h1-4,6-7,9-10,12-13H,5,8,11,18H2. The zero-order valence-electron chi connectivity index (χ0n) is 11.8. The Kier molecular flexibility index (Phi) is 3.96. The molecule has 4 nitrogen and oxygen atoms in total. The smallest absolute Gasteiger partial charge is 0.181 e. The van der Waals surface area contributed by atoms with E-state index in [2.05, 4.69) is 34.3 Å². The number of aromatic nitrogens is 3. The summed E-state index contributed by atoms with van der Waals surface area (Å²) < 4.78 is 1.89. The fourth-order valence-corrected chi connectivity index (χ4v) is 2.30. The van der Waals surface area contributed by atoms with Crippen molar-refractivity contribution in [3.63, 3.8) is 0 Å². The van der Waals surface area contributed by atoms with Crippen LogP contribution in [0.4, 0.5) is 5.69 Å². The fourth-order valence-electron chi connectivity index (χ4n) is 2.30. The fraction of sp³-hybridized carbons (Fsp3) is 0.176. The highest BCUT2D eigenvalue weighted by atomic mass is 15.3. The number of rotatable bonds is 5. The molecule has 4 heteroatoms. The van der Waals surface area contributed by atoms with Gasteiger partial charge < -0.3 is 5.73 Å². The van der Waals surface area contributed by atoms with E-state index in [1.165, 1.54) is 5.56 Å². The van der Waals surface area contributed by atoms with Crippen LogP contribution in [0.5, 0.6) is 0 Å². The monoisotopic (exact) mass is 278 g/mol. The zero-order valence-corrected chi connectivity index (χ0v) is 11.8. The van der Waals surface area contributed by atoms with E-state index in [0.29, 0.717) is 0 Å². The second-order valence-corrected chi connectivity index (χ2v) is 5.05. The van der Waals surface area contributed by atoms with E-state index < -0.39 is 0 Å². The molecule has 106 valence electrons. The van der Waals surface area contributed by atoms with Gasteiger partial charge in [0.25, 0.3) is 0 Å². The molecule has 0 unspecified atom stereocenters. The minimum absolute atomic E-state index is 0.724. The molecule has 0 fully saturated rings. The van der Waals surface area contributed by atoms with E-state index in [9.17, 15) is 0 Å². The van der Waals surface area contributed by atoms with E-state index in [-0.39, 0.29) is 0 Å². The summed E-state index contributed by atoms with van der Waals surface area (Å²) in [5, 5.41) is 4.50. The highest BCUT2D eigenvalue weighted by molar-refractivity contribution is 5.60. The van der Waals surface area contributed by atoms with Crippen LogP contribution < -0.4 is 5.73 Å². The van der Waals surface area contributed by atoms with Gasteiger partial charge in [0.15, 0.2) is 5.82 Å². The van der Waals surface area contributed by atoms with Crippen LogP contribution in [0.3, 0.4) is 0 Å². The zero-order chi connectivity index (χ0) is 14.5. The van der Waals surface area contributed by atoms with Gasteiger partial charge in [0.2, 0.25) is 0 Å². The highest BCUT2D eigenvalue weighted by Gasteiger charge is 2.04. The van der Waals surface area contributed by atoms with Gasteiger partial charge in [0.1, 0.15) is 6.33 Å². The molecular weight excluding hydrogens is 260 g/mol. The second kappa shape index (κ2) is 6.22. The molecule has 0 saturated heterocycles. The molecule has 3 rings (SSSR count). The van der Waals surface area contributed by atoms with Gasteiger partial charge in [-0.25, -0.2) is 4.98 Å². The summed E-state index contributed by atoms with van der Waals surface area (Å²) in [4.78, 5) is 4.35. The Balaban J connectivity index is 1.60. The maximum Gasteiger partial charge on any atom is 0.181 e. The number of hydrogen-bond acceptors (Lipinski definition) is 3. The van der Waals surface area contributed by atoms with Gasteiger partial charge in [-0.15, -0.1) is 0 Å². The van der Waals surface area contributed by atoms with Crippen LogP contribution >= 0.6 is 0 Å². The Morgan fingerprint density at radius 3 is 2.67 bits per heavy atom. The minimum atomic E-state index is 0.724. The molecule has 0 spiro atoms. The number of nitrogens with two attached hydrogens (primary N) is 1. The Morgan fingerprint density at radius 2 is 1.86 bits per heavy atom. The molecule has 1 aromatic heterocycles. The number of anilines is 1. The van der Waals surface area contributed by atoms with Crippen molar-refractivity contribution in [1.82, 2.24) is 14.8 Å². The Labute approximate surface area is 124 Å². The Morgan fingerprint density at radius 1 is 1.00 bits per heavy atom. The van der Waals surface area contributed by atoms with Crippen LogP contribution in [0.2, 0.25) is 0 Å². The third kappa shape index (κ3) is 3.48. The summed E-state index contributed by atoms with van der Waals surface area (Å²) in [6, 6.07) is 18.1. The topological polar surface area (TPSA) is 56.7 Å². The lowest BCUT2D eigenvalue weighted by Gasteiger charge is -2.01. The Hall–Kier alpha value is -2.62. The number of benzene rings is 2. The first kappa shape index (κ1) is 13.4. The molecule has 2 aromatic carbocycles. The van der Waals surface area contributed by atoms with E-state index >= 15 is 0 Å². The first-order valence-corrected chi connectivity index (χ1v) is 7.10. The molecule has 0 radical (unpaired) electrons. The molecule has 21 heavy (non-hydrogen) atoms. The van der Waals surface area contributed by atoms with Crippen LogP contribution in [0.1, 0.15) is 12.0 Å². The van der Waals surface area contributed by atoms with Crippen molar-refractivity contribution in [1.29, 1.82) is 0 Å². The SMILES string of the molecule is Nc1cccc(-c2ncn(CCCc3ccccc3)n2)c1. The lowest BCUT2D eigenvalue weighted by molar-refractivity contribution is 0.578. The second-order valence-electron chi connectivity index (χ2n) is 5.05. The predicted molar refractivity (Wildman–Crippen MR) is 84.6 cm³/mol. The van der Waals surface area contributed by atoms with Crippen molar-refractivity contribution in [2.45, 2.75) is 19.4 Å². The minimum Gasteiger partial charge on any atom is -0.399 e. The van der Waals surface area contributed by atoms with E-state index in [1.807, 2.05) is 35.0 Å². The molecule has 0 bridgehead atoms. The molecule has 2 N–H and O–H groups in total. The maximum atomic E-state index is 5.78. The van der Waals surface area contributed by atoms with Crippen LogP contribution in [-0.2, 0) is 13.0 Å². The van der Waals surface area contributed by atoms with Gasteiger partial charge in [-0.05, 0) is 30.5 Å². The summed E-state index contributed by atoms with van der Waals surface area (Å²) in [5.74, 6) is 0.724. The normalized spacial score (nSPS) is 10.7. The lowest BCUT2D eigenvalue weighted by Crippen LogP contribution is -2.00. The largest absolute Gasteiger partial charge is 0.399 e. The molecule has 3 aromatic rings. The quantitative estimate of drug-likeness (QED) is 0.729. The maximum absolute atomic E-state index is 5.78. The average Bonchev–Trinajstić information content (AvgIpc) is 2.97. The van der Waals surface area contributed by atoms with Crippen molar-refractivity contribution in [3.8, 4) is 11.4 Å². The van der Waals surface area contributed by atoms with Gasteiger partial charge >= 0.3 is 0 Å². The summed E-state index contributed by atoms with van der Waals surface area (Å²) in [7, 11) is 0. The predicted octanol–water partition coefficient (Wildman–Crippen LogP) is 3.16. The van der Waals surface area contributed by atoms with Gasteiger partial charge in [-0.2, -0.15) is 5.10 Å². The molecule has 0 saturated carbocycles. The summed E-state index contributed by atoms with van der Waals surface area (Å²) in [6.07, 6.45) is 3.88.